The highest BCUT2D eigenvalue weighted by molar-refractivity contribution is 5.76. The van der Waals surface area contributed by atoms with Gasteiger partial charge in [-0.1, -0.05) is 167 Å². The van der Waals surface area contributed by atoms with Gasteiger partial charge in [0.05, 0.1) is 64.0 Å². The molecule has 0 aliphatic carbocycles. The number of carbonyl (C=O) groups is 2. The lowest BCUT2D eigenvalue weighted by Gasteiger charge is -2.51. The maximum Gasteiger partial charge on any atom is 0.220 e. The molecule has 6 aliphatic rings. The smallest absolute Gasteiger partial charge is 0.220 e. The topological polar surface area (TPSA) is 513 Å². The fraction of sp³-hybridized carbons (Fsp3) is 0.944. The third kappa shape index (κ3) is 27.7. The second-order valence-electron chi connectivity index (χ2n) is 29.1. The van der Waals surface area contributed by atoms with Crippen molar-refractivity contribution >= 4 is 11.8 Å². The van der Waals surface area contributed by atoms with Crippen LogP contribution in [0, 0.1) is 0 Å². The minimum Gasteiger partial charge on any atom is -0.394 e. The lowest BCUT2D eigenvalue weighted by Crippen LogP contribution is -2.70. The average molecular weight is 1520 g/mol. The van der Waals surface area contributed by atoms with Crippen LogP contribution in [0.15, 0.2) is 12.2 Å². The minimum atomic E-state index is -2.22. The van der Waals surface area contributed by atoms with E-state index in [1.54, 1.807) is 6.08 Å². The highest BCUT2D eigenvalue weighted by Crippen LogP contribution is 2.38. The van der Waals surface area contributed by atoms with Crippen LogP contribution in [-0.4, -0.2) is 328 Å². The number of amides is 2. The van der Waals surface area contributed by atoms with E-state index in [1.165, 1.54) is 110 Å². The third-order valence-electron chi connectivity index (χ3n) is 20.7. The lowest BCUT2D eigenvalue weighted by molar-refractivity contribution is -0.392. The molecule has 614 valence electrons. The molecule has 0 bridgehead atoms. The second kappa shape index (κ2) is 48.4. The van der Waals surface area contributed by atoms with Gasteiger partial charge in [-0.3, -0.25) is 9.59 Å². The molecule has 6 aliphatic heterocycles. The third-order valence-corrected chi connectivity index (χ3v) is 20.7. The molecular formula is C72H130N2O31. The number of unbranched alkanes of at least 4 members (excludes halogenated alkanes) is 23. The monoisotopic (exact) mass is 1520 g/mol. The zero-order valence-corrected chi connectivity index (χ0v) is 61.7. The summed E-state index contributed by atoms with van der Waals surface area (Å²) in [5.74, 6) is -1.14. The fourth-order valence-corrected chi connectivity index (χ4v) is 14.2. The molecule has 0 aromatic rings. The lowest BCUT2D eigenvalue weighted by atomic mass is 9.94. The Labute approximate surface area is 616 Å². The Hall–Kier alpha value is -2.48. The number of rotatable bonds is 48. The highest BCUT2D eigenvalue weighted by Gasteiger charge is 2.58. The van der Waals surface area contributed by atoms with Crippen molar-refractivity contribution in [1.29, 1.82) is 0 Å². The summed E-state index contributed by atoms with van der Waals surface area (Å²) in [6.07, 6.45) is -19.7. The van der Waals surface area contributed by atoms with Crippen molar-refractivity contribution in [3.8, 4) is 0 Å². The Kier molecular flexibility index (Phi) is 42.2. The number of aliphatic hydroxyl groups is 17. The molecule has 33 nitrogen and oxygen atoms in total. The summed E-state index contributed by atoms with van der Waals surface area (Å²) in [6, 6.07) is -2.76. The van der Waals surface area contributed by atoms with Crippen molar-refractivity contribution in [2.24, 2.45) is 0 Å². The number of allylic oxidation sites excluding steroid dienone is 1. The molecule has 0 radical (unpaired) electrons. The van der Waals surface area contributed by atoms with Crippen LogP contribution in [0.2, 0.25) is 0 Å². The van der Waals surface area contributed by atoms with Gasteiger partial charge in [-0.15, -0.1) is 0 Å². The first-order valence-corrected chi connectivity index (χ1v) is 38.7. The largest absolute Gasteiger partial charge is 0.394 e. The van der Waals surface area contributed by atoms with Gasteiger partial charge in [-0.2, -0.15) is 0 Å². The van der Waals surface area contributed by atoms with Crippen LogP contribution >= 0.6 is 0 Å². The highest BCUT2D eigenvalue weighted by atomic mass is 16.8. The SMILES string of the molecule is CCCCCCCCCCCCC/C=C/[C@@H](O)[C@H](CO[C@@H]1OC(CO)[C@@H](O[C@@H]2OC(CO)[C@H](O[C@H]3OC(CO)[C@H](O)[C@H](O[C@@H]4OC(CO)[C@H](O)[C@H](O[C@@H]5OC(CO)[C@H](O)[C@H](O)C5O[C@@H]5OC(C)[C@@H](O)C(O)[C@@H]5O)C4NC(C)=O)C3O)[C@H](O)C2O)CC1O)NC(=O)CCCCCCCCCCCCCCC. The Morgan fingerprint density at radius 1 is 0.429 bits per heavy atom. The Bertz CT molecular complexity index is 2380. The van der Waals surface area contributed by atoms with E-state index in [4.69, 9.17) is 56.8 Å². The van der Waals surface area contributed by atoms with Gasteiger partial charge in [0.15, 0.2) is 37.7 Å². The molecule has 6 saturated heterocycles. The van der Waals surface area contributed by atoms with Crippen molar-refractivity contribution in [3.05, 3.63) is 12.2 Å². The molecule has 2 amide bonds. The van der Waals surface area contributed by atoms with E-state index in [9.17, 15) is 96.4 Å². The van der Waals surface area contributed by atoms with Crippen LogP contribution in [0.5, 0.6) is 0 Å². The van der Waals surface area contributed by atoms with E-state index >= 15 is 0 Å². The van der Waals surface area contributed by atoms with E-state index in [-0.39, 0.29) is 25.4 Å². The van der Waals surface area contributed by atoms with Crippen LogP contribution in [0.25, 0.3) is 0 Å². The Morgan fingerprint density at radius 2 is 0.857 bits per heavy atom. The van der Waals surface area contributed by atoms with E-state index < -0.39 is 229 Å². The Morgan fingerprint density at radius 3 is 1.41 bits per heavy atom. The summed E-state index contributed by atoms with van der Waals surface area (Å²) in [6.45, 7) is 1.77. The minimum absolute atomic E-state index is 0.228. The first-order valence-electron chi connectivity index (χ1n) is 38.7. The predicted octanol–water partition coefficient (Wildman–Crippen LogP) is -1.29. The average Bonchev–Trinajstić information content (AvgIpc) is 0.770. The first kappa shape index (κ1) is 91.4. The second-order valence-corrected chi connectivity index (χ2v) is 29.1. The van der Waals surface area contributed by atoms with Crippen molar-refractivity contribution in [3.63, 3.8) is 0 Å². The van der Waals surface area contributed by atoms with E-state index in [1.807, 2.05) is 6.08 Å². The summed E-state index contributed by atoms with van der Waals surface area (Å²) in [5.41, 5.74) is 0. The molecule has 6 fully saturated rings. The van der Waals surface area contributed by atoms with Crippen LogP contribution in [0.1, 0.15) is 201 Å². The first-order chi connectivity index (χ1) is 50.5. The summed E-state index contributed by atoms with van der Waals surface area (Å²) < 4.78 is 71.1. The quantitative estimate of drug-likeness (QED) is 0.0249. The summed E-state index contributed by atoms with van der Waals surface area (Å²) in [5, 5.41) is 193. The van der Waals surface area contributed by atoms with Gasteiger partial charge in [0.25, 0.3) is 0 Å². The molecule has 19 N–H and O–H groups in total. The summed E-state index contributed by atoms with van der Waals surface area (Å²) in [7, 11) is 0. The number of nitrogens with one attached hydrogen (secondary N) is 2. The number of carbonyl (C=O) groups excluding carboxylic acids is 2. The van der Waals surface area contributed by atoms with Gasteiger partial charge in [-0.05, 0) is 26.2 Å². The normalized spacial score (nSPS) is 38.2. The molecular weight excluding hydrogens is 1390 g/mol. The summed E-state index contributed by atoms with van der Waals surface area (Å²) >= 11 is 0. The number of hydrogen-bond donors (Lipinski definition) is 19. The molecule has 12 unspecified atom stereocenters. The maximum atomic E-state index is 13.4. The molecule has 6 rings (SSSR count). The van der Waals surface area contributed by atoms with Crippen LogP contribution in [-0.2, 0) is 66.4 Å². The standard InChI is InChI=1S/C72H130N2O31/c1-5-7-9-11-13-15-17-19-21-23-25-27-29-31-43(81)42(74-51(83)32-30-28-26-24-22-20-18-16-14-12-10-8-6-2)39-94-67-44(82)33-45(46(34-75)97-67)96-70-61(92)59(90)63(50(38-79)101-70)102-71-62(93)65(56(87)49(37-78)99-71)104-68-52(73-41(4)80)64(55(86)48(36-77)98-68)103-72-66(58(89)54(85)47(35-76)100-72)105-69-60(91)57(88)53(84)40(3)95-69/h29,31,40,42-50,52-72,75-79,81-82,84-93H,5-28,30,32-39H2,1-4H3,(H,73,80)(H,74,83)/b31-29+/t40?,42-,43+,44?,45-,46?,47?,48?,49?,50?,52?,53+,54-,55-,56-,57?,58-,59+,60-,61?,62?,63-,64+,65-,66?,67+,68-,69-,70+,71+,72-/m0/s1. The van der Waals surface area contributed by atoms with Crippen molar-refractivity contribution in [1.82, 2.24) is 10.6 Å². The molecule has 0 aromatic carbocycles. The van der Waals surface area contributed by atoms with Gasteiger partial charge in [-0.25, -0.2) is 0 Å². The van der Waals surface area contributed by atoms with Crippen molar-refractivity contribution < 1.29 is 153 Å². The van der Waals surface area contributed by atoms with Crippen LogP contribution in [0.4, 0.5) is 0 Å². The van der Waals surface area contributed by atoms with E-state index in [2.05, 4.69) is 24.5 Å². The molecule has 0 aromatic heterocycles. The van der Waals surface area contributed by atoms with E-state index in [0.717, 1.165) is 58.3 Å². The molecule has 105 heavy (non-hydrogen) atoms. The van der Waals surface area contributed by atoms with Gasteiger partial charge in [0, 0.05) is 19.8 Å². The van der Waals surface area contributed by atoms with Crippen molar-refractivity contribution in [2.45, 2.75) is 391 Å². The molecule has 0 spiro atoms. The van der Waals surface area contributed by atoms with Gasteiger partial charge in [0.2, 0.25) is 11.8 Å². The van der Waals surface area contributed by atoms with Gasteiger partial charge in [0.1, 0.15) is 128 Å². The molecule has 0 saturated carbocycles. The number of ether oxygens (including phenoxy) is 12. The maximum absolute atomic E-state index is 13.4. The number of hydrogen-bond acceptors (Lipinski definition) is 31. The summed E-state index contributed by atoms with van der Waals surface area (Å²) in [4.78, 5) is 26.4. The van der Waals surface area contributed by atoms with Crippen molar-refractivity contribution in [2.75, 3.05) is 39.6 Å². The number of aliphatic hydroxyl groups excluding tert-OH is 17. The van der Waals surface area contributed by atoms with E-state index in [0.29, 0.717) is 6.42 Å². The fourth-order valence-electron chi connectivity index (χ4n) is 14.2. The van der Waals surface area contributed by atoms with Gasteiger partial charge >= 0.3 is 0 Å². The van der Waals surface area contributed by atoms with Crippen LogP contribution in [0.3, 0.4) is 0 Å². The molecule has 6 heterocycles. The predicted molar refractivity (Wildman–Crippen MR) is 370 cm³/mol. The zero-order valence-electron chi connectivity index (χ0n) is 61.7. The Balaban J connectivity index is 1.07. The molecule has 33 heteroatoms. The van der Waals surface area contributed by atoms with Gasteiger partial charge < -0.3 is 154 Å². The van der Waals surface area contributed by atoms with Crippen LogP contribution < -0.4 is 10.6 Å². The molecule has 31 atom stereocenters. The zero-order chi connectivity index (χ0) is 76.7.